The van der Waals surface area contributed by atoms with Crippen molar-refractivity contribution >= 4 is 34.2 Å². The lowest BCUT2D eigenvalue weighted by atomic mass is 9.96. The first-order chi connectivity index (χ1) is 9.18. The highest BCUT2D eigenvalue weighted by atomic mass is 127. The topological polar surface area (TPSA) is 0 Å². The number of hydrogen-bond donors (Lipinski definition) is 0. The van der Waals surface area contributed by atoms with Crippen LogP contribution < -0.4 is 0 Å². The molecule has 0 amide bonds. The van der Waals surface area contributed by atoms with Crippen molar-refractivity contribution in [3.05, 3.63) is 80.9 Å². The third-order valence-electron chi connectivity index (χ3n) is 3.12. The van der Waals surface area contributed by atoms with E-state index in [0.717, 1.165) is 0 Å². The maximum Gasteiger partial charge on any atom is -0.00897 e. The Balaban J connectivity index is 2.54. The van der Waals surface area contributed by atoms with Crippen LogP contribution in [0.5, 0.6) is 0 Å². The monoisotopic (exact) mass is 360 g/mol. The SMILES string of the molecule is C/C(I)=C(C)/C(=C/c1ccccc1)c1ccccc1. The lowest BCUT2D eigenvalue weighted by Crippen LogP contribution is -1.88. The molecule has 0 aliphatic carbocycles. The second-order valence-corrected chi connectivity index (χ2v) is 6.11. The van der Waals surface area contributed by atoms with E-state index in [1.165, 1.54) is 25.9 Å². The summed E-state index contributed by atoms with van der Waals surface area (Å²) in [6.45, 7) is 4.33. The van der Waals surface area contributed by atoms with Gasteiger partial charge in [-0.1, -0.05) is 60.7 Å². The van der Waals surface area contributed by atoms with Crippen LogP contribution in [0, 0.1) is 0 Å². The molecule has 0 fully saturated rings. The van der Waals surface area contributed by atoms with Crippen LogP contribution in [-0.4, -0.2) is 0 Å². The number of hydrogen-bond acceptors (Lipinski definition) is 0. The van der Waals surface area contributed by atoms with Gasteiger partial charge in [0.15, 0.2) is 0 Å². The molecule has 0 aliphatic rings. The number of halogens is 1. The van der Waals surface area contributed by atoms with Crippen LogP contribution in [-0.2, 0) is 0 Å². The fourth-order valence-electron chi connectivity index (χ4n) is 1.93. The van der Waals surface area contributed by atoms with Crippen LogP contribution in [0.25, 0.3) is 11.6 Å². The molecule has 0 unspecified atom stereocenters. The van der Waals surface area contributed by atoms with E-state index < -0.39 is 0 Å². The molecule has 2 aromatic rings. The van der Waals surface area contributed by atoms with Gasteiger partial charge >= 0.3 is 0 Å². The maximum atomic E-state index is 2.39. The average Bonchev–Trinajstić information content (AvgIpc) is 2.46. The fraction of sp³-hybridized carbons (Fsp3) is 0.111. The van der Waals surface area contributed by atoms with Crippen molar-refractivity contribution in [2.45, 2.75) is 13.8 Å². The van der Waals surface area contributed by atoms with E-state index >= 15 is 0 Å². The van der Waals surface area contributed by atoms with Crippen LogP contribution in [0.1, 0.15) is 25.0 Å². The first-order valence-corrected chi connectivity index (χ1v) is 7.42. The Morgan fingerprint density at radius 1 is 0.842 bits per heavy atom. The Hall–Kier alpha value is -1.35. The summed E-state index contributed by atoms with van der Waals surface area (Å²) in [5.41, 5.74) is 5.12. The molecule has 96 valence electrons. The molecule has 19 heavy (non-hydrogen) atoms. The van der Waals surface area contributed by atoms with Crippen molar-refractivity contribution in [1.29, 1.82) is 0 Å². The molecule has 0 nitrogen and oxygen atoms in total. The van der Waals surface area contributed by atoms with E-state index in [0.29, 0.717) is 0 Å². The molecule has 0 atom stereocenters. The molecule has 2 aromatic carbocycles. The summed E-state index contributed by atoms with van der Waals surface area (Å²) in [5, 5.41) is 0. The van der Waals surface area contributed by atoms with Gasteiger partial charge in [-0.2, -0.15) is 0 Å². The summed E-state index contributed by atoms with van der Waals surface area (Å²) in [6.07, 6.45) is 2.26. The van der Waals surface area contributed by atoms with Crippen LogP contribution >= 0.6 is 22.6 Å². The van der Waals surface area contributed by atoms with Crippen molar-refractivity contribution in [1.82, 2.24) is 0 Å². The van der Waals surface area contributed by atoms with Gasteiger partial charge in [-0.3, -0.25) is 0 Å². The fourth-order valence-corrected chi connectivity index (χ4v) is 2.22. The average molecular weight is 360 g/mol. The van der Waals surface area contributed by atoms with Gasteiger partial charge in [-0.05, 0) is 68.4 Å². The zero-order valence-corrected chi connectivity index (χ0v) is 13.4. The quantitative estimate of drug-likeness (QED) is 0.360. The molecule has 1 heteroatoms. The molecule has 0 spiro atoms. The smallest absolute Gasteiger partial charge is 0.00897 e. The van der Waals surface area contributed by atoms with Crippen LogP contribution in [0.3, 0.4) is 0 Å². The van der Waals surface area contributed by atoms with Gasteiger partial charge in [0.25, 0.3) is 0 Å². The predicted molar refractivity (Wildman–Crippen MR) is 93.1 cm³/mol. The summed E-state index contributed by atoms with van der Waals surface area (Å²) in [5.74, 6) is 0. The zero-order valence-electron chi connectivity index (χ0n) is 11.2. The van der Waals surface area contributed by atoms with Crippen molar-refractivity contribution in [3.63, 3.8) is 0 Å². The van der Waals surface area contributed by atoms with Crippen molar-refractivity contribution < 1.29 is 0 Å². The third-order valence-corrected chi connectivity index (χ3v) is 3.93. The van der Waals surface area contributed by atoms with Gasteiger partial charge < -0.3 is 0 Å². The van der Waals surface area contributed by atoms with Crippen molar-refractivity contribution in [2.75, 3.05) is 0 Å². The Kier molecular flexibility index (Phi) is 4.97. The van der Waals surface area contributed by atoms with E-state index in [9.17, 15) is 0 Å². The first-order valence-electron chi connectivity index (χ1n) is 6.34. The normalized spacial score (nSPS) is 13.1. The minimum absolute atomic E-state index is 1.23. The largest absolute Gasteiger partial charge is 0.0622 e. The van der Waals surface area contributed by atoms with Gasteiger partial charge in [0, 0.05) is 0 Å². The van der Waals surface area contributed by atoms with Gasteiger partial charge in [0.1, 0.15) is 0 Å². The standard InChI is InChI=1S/C18H17I/c1-14(15(2)19)18(17-11-7-4-8-12-17)13-16-9-5-3-6-10-16/h3-13H,1-2H3/b15-14-,18-13-. The van der Waals surface area contributed by atoms with Crippen LogP contribution in [0.15, 0.2) is 69.8 Å². The molecule has 0 saturated heterocycles. The summed E-state index contributed by atoms with van der Waals surface area (Å²) in [6, 6.07) is 21.0. The lowest BCUT2D eigenvalue weighted by Gasteiger charge is -2.10. The van der Waals surface area contributed by atoms with Gasteiger partial charge in [0.05, 0.1) is 0 Å². The second-order valence-electron chi connectivity index (χ2n) is 4.49. The Labute approximate surface area is 129 Å². The number of rotatable bonds is 3. The highest BCUT2D eigenvalue weighted by molar-refractivity contribution is 14.1. The molecular weight excluding hydrogens is 343 g/mol. The molecule has 2 rings (SSSR count). The summed E-state index contributed by atoms with van der Waals surface area (Å²) < 4.78 is 1.32. The molecule has 0 aliphatic heterocycles. The summed E-state index contributed by atoms with van der Waals surface area (Å²) in [7, 11) is 0. The summed E-state index contributed by atoms with van der Waals surface area (Å²) in [4.78, 5) is 0. The summed E-state index contributed by atoms with van der Waals surface area (Å²) >= 11 is 2.39. The van der Waals surface area contributed by atoms with Gasteiger partial charge in [-0.25, -0.2) is 0 Å². The third kappa shape index (κ3) is 3.80. The van der Waals surface area contributed by atoms with Gasteiger partial charge in [0.2, 0.25) is 0 Å². The van der Waals surface area contributed by atoms with E-state index in [1.807, 2.05) is 6.07 Å². The molecule has 0 saturated carbocycles. The zero-order chi connectivity index (χ0) is 13.7. The van der Waals surface area contributed by atoms with E-state index in [2.05, 4.69) is 97.1 Å². The Morgan fingerprint density at radius 3 is 1.89 bits per heavy atom. The van der Waals surface area contributed by atoms with Crippen LogP contribution in [0.4, 0.5) is 0 Å². The number of benzene rings is 2. The molecule has 0 bridgehead atoms. The highest BCUT2D eigenvalue weighted by Crippen LogP contribution is 2.29. The van der Waals surface area contributed by atoms with Crippen LogP contribution in [0.2, 0.25) is 0 Å². The van der Waals surface area contributed by atoms with Crippen molar-refractivity contribution in [2.24, 2.45) is 0 Å². The van der Waals surface area contributed by atoms with E-state index in [4.69, 9.17) is 0 Å². The lowest BCUT2D eigenvalue weighted by molar-refractivity contribution is 1.46. The minimum atomic E-state index is 1.23. The minimum Gasteiger partial charge on any atom is -0.0622 e. The van der Waals surface area contributed by atoms with Gasteiger partial charge in [-0.15, -0.1) is 0 Å². The molecular formula is C18H17I. The first kappa shape index (κ1) is 14.1. The maximum absolute atomic E-state index is 2.39. The molecule has 0 radical (unpaired) electrons. The van der Waals surface area contributed by atoms with E-state index in [-0.39, 0.29) is 0 Å². The second kappa shape index (κ2) is 6.71. The number of allylic oxidation sites excluding steroid dienone is 3. The van der Waals surface area contributed by atoms with Crippen molar-refractivity contribution in [3.8, 4) is 0 Å². The van der Waals surface area contributed by atoms with E-state index in [1.54, 1.807) is 0 Å². The highest BCUT2D eigenvalue weighted by Gasteiger charge is 2.05. The molecule has 0 heterocycles. The Morgan fingerprint density at radius 2 is 1.37 bits per heavy atom. The molecule has 0 N–H and O–H groups in total. The predicted octanol–water partition coefficient (Wildman–Crippen LogP) is 5.96. The Bertz CT molecular complexity index is 588. The molecule has 0 aromatic heterocycles.